The van der Waals surface area contributed by atoms with E-state index < -0.39 is 8.80 Å². The summed E-state index contributed by atoms with van der Waals surface area (Å²) in [6.07, 6.45) is 2.47. The lowest BCUT2D eigenvalue weighted by Crippen LogP contribution is -2.18. The molecule has 1 nitrogen and oxygen atoms in total. The van der Waals surface area contributed by atoms with E-state index in [9.17, 15) is 0 Å². The van der Waals surface area contributed by atoms with Crippen molar-refractivity contribution in [2.24, 2.45) is 0 Å². The molecule has 0 aliphatic heterocycles. The standard InChI is InChI=1S/C48H60OSi/c1-28-21-22-35(32-24-33(46(4,5)6)26-34(25-32)47(7,8)9)43-40(28)41(30(3)45(43)50(14)15)39-29(2)23-36-37(39)27-38(48(10,11)12)44(49-13)42(36)31-19-17-16-18-20-31/h16-27,39,45,50H,1-15H3. The second-order valence-electron chi connectivity index (χ2n) is 18.6. The van der Waals surface area contributed by atoms with Crippen LogP contribution in [0, 0.1) is 6.92 Å². The molecule has 0 radical (unpaired) electrons. The average molecular weight is 681 g/mol. The summed E-state index contributed by atoms with van der Waals surface area (Å²) in [5, 5.41) is 0. The summed E-state index contributed by atoms with van der Waals surface area (Å²) in [7, 11) is 0.666. The van der Waals surface area contributed by atoms with Crippen molar-refractivity contribution in [2.75, 3.05) is 7.11 Å². The van der Waals surface area contributed by atoms with Gasteiger partial charge in [-0.3, -0.25) is 0 Å². The number of allylic oxidation sites excluding steroid dienone is 3. The summed E-state index contributed by atoms with van der Waals surface area (Å²) in [5.74, 6) is 1.21. The maximum Gasteiger partial charge on any atom is 0.131 e. The normalized spacial score (nSPS) is 17.7. The molecule has 0 saturated carbocycles. The van der Waals surface area contributed by atoms with E-state index in [2.05, 4.69) is 169 Å². The van der Waals surface area contributed by atoms with Crippen LogP contribution in [-0.4, -0.2) is 15.9 Å². The van der Waals surface area contributed by atoms with E-state index in [-0.39, 0.29) is 22.2 Å². The Labute approximate surface area is 305 Å². The van der Waals surface area contributed by atoms with Crippen molar-refractivity contribution in [3.63, 3.8) is 0 Å². The molecule has 0 amide bonds. The summed E-state index contributed by atoms with van der Waals surface area (Å²) in [5.41, 5.74) is 21.6. The van der Waals surface area contributed by atoms with Crippen LogP contribution in [0.5, 0.6) is 5.75 Å². The maximum absolute atomic E-state index is 6.32. The molecule has 2 aliphatic rings. The minimum absolute atomic E-state index is 0.0626. The van der Waals surface area contributed by atoms with Crippen molar-refractivity contribution in [3.8, 4) is 28.0 Å². The van der Waals surface area contributed by atoms with Gasteiger partial charge in [-0.25, -0.2) is 0 Å². The minimum atomic E-state index is -1.18. The van der Waals surface area contributed by atoms with Gasteiger partial charge in [-0.1, -0.05) is 153 Å². The van der Waals surface area contributed by atoms with Crippen LogP contribution in [0.15, 0.2) is 77.9 Å². The third-order valence-corrected chi connectivity index (χ3v) is 13.6. The van der Waals surface area contributed by atoms with E-state index in [0.29, 0.717) is 5.54 Å². The van der Waals surface area contributed by atoms with E-state index >= 15 is 0 Å². The molecular weight excluding hydrogens is 621 g/mol. The molecule has 2 aliphatic carbocycles. The SMILES string of the molecule is COc1c(C(C)(C)C)cc2c(c1-c1ccccc1)C=C(C)C2C1=C(C)C([SiH](C)C)c2c(-c3cc(C(C)(C)C)cc(C(C)(C)C)c3)ccc(C)c21. The van der Waals surface area contributed by atoms with Gasteiger partial charge in [-0.05, 0) is 110 Å². The molecule has 0 aromatic heterocycles. The van der Waals surface area contributed by atoms with Crippen LogP contribution in [0.4, 0.5) is 0 Å². The molecule has 0 bridgehead atoms. The summed E-state index contributed by atoms with van der Waals surface area (Å²) in [6.45, 7) is 33.4. The van der Waals surface area contributed by atoms with Gasteiger partial charge in [0.1, 0.15) is 5.75 Å². The first-order valence-corrected chi connectivity index (χ1v) is 21.7. The van der Waals surface area contributed by atoms with Crippen LogP contribution >= 0.6 is 0 Å². The summed E-state index contributed by atoms with van der Waals surface area (Å²) >= 11 is 0. The molecule has 4 aromatic carbocycles. The first kappa shape index (κ1) is 36.2. The van der Waals surface area contributed by atoms with Crippen LogP contribution in [-0.2, 0) is 16.2 Å². The zero-order chi connectivity index (χ0) is 36.7. The lowest BCUT2D eigenvalue weighted by molar-refractivity contribution is 0.399. The first-order valence-electron chi connectivity index (χ1n) is 18.8. The average Bonchev–Trinajstić information content (AvgIpc) is 3.51. The number of hydrogen-bond donors (Lipinski definition) is 0. The highest BCUT2D eigenvalue weighted by Gasteiger charge is 2.42. The Kier molecular flexibility index (Phi) is 9.08. The van der Waals surface area contributed by atoms with Crippen LogP contribution < -0.4 is 4.74 Å². The fraction of sp³-hybridized carbons (Fsp3) is 0.417. The molecule has 0 spiro atoms. The van der Waals surface area contributed by atoms with E-state index in [1.807, 2.05) is 7.11 Å². The Balaban J connectivity index is 1.66. The van der Waals surface area contributed by atoms with Crippen molar-refractivity contribution < 1.29 is 4.74 Å². The Morgan fingerprint density at radius 3 is 1.78 bits per heavy atom. The predicted molar refractivity (Wildman–Crippen MR) is 222 cm³/mol. The topological polar surface area (TPSA) is 9.23 Å². The van der Waals surface area contributed by atoms with Crippen molar-refractivity contribution in [1.82, 2.24) is 0 Å². The third kappa shape index (κ3) is 6.06. The summed E-state index contributed by atoms with van der Waals surface area (Å²) in [4.78, 5) is 0. The fourth-order valence-electron chi connectivity index (χ4n) is 8.79. The van der Waals surface area contributed by atoms with Gasteiger partial charge in [-0.15, -0.1) is 0 Å². The van der Waals surface area contributed by atoms with Crippen LogP contribution in [0.2, 0.25) is 13.1 Å². The van der Waals surface area contributed by atoms with Gasteiger partial charge >= 0.3 is 0 Å². The fourth-order valence-corrected chi connectivity index (χ4v) is 11.0. The number of fused-ring (bicyclic) bond motifs is 2. The van der Waals surface area contributed by atoms with E-state index in [0.717, 1.165) is 5.75 Å². The zero-order valence-corrected chi connectivity index (χ0v) is 34.7. The van der Waals surface area contributed by atoms with Crippen molar-refractivity contribution in [1.29, 1.82) is 0 Å². The molecule has 0 heterocycles. The Morgan fingerprint density at radius 2 is 1.26 bits per heavy atom. The lowest BCUT2D eigenvalue weighted by atomic mass is 9.76. The quantitative estimate of drug-likeness (QED) is 0.191. The molecule has 2 atom stereocenters. The largest absolute Gasteiger partial charge is 0.496 e. The Bertz CT molecular complexity index is 2000. The molecule has 262 valence electrons. The molecule has 50 heavy (non-hydrogen) atoms. The predicted octanol–water partition coefficient (Wildman–Crippen LogP) is 13.3. The smallest absolute Gasteiger partial charge is 0.131 e. The number of rotatable bonds is 5. The number of hydrogen-bond acceptors (Lipinski definition) is 1. The van der Waals surface area contributed by atoms with Crippen molar-refractivity contribution >= 4 is 20.4 Å². The van der Waals surface area contributed by atoms with Gasteiger partial charge in [0, 0.05) is 25.8 Å². The number of aryl methyl sites for hydroxylation is 1. The van der Waals surface area contributed by atoms with E-state index in [4.69, 9.17) is 4.74 Å². The van der Waals surface area contributed by atoms with Gasteiger partial charge in [0.2, 0.25) is 0 Å². The molecule has 0 saturated heterocycles. The Hall–Kier alpha value is -3.62. The summed E-state index contributed by atoms with van der Waals surface area (Å²) in [6, 6.07) is 25.7. The highest BCUT2D eigenvalue weighted by Crippen LogP contribution is 2.59. The zero-order valence-electron chi connectivity index (χ0n) is 33.6. The number of methoxy groups -OCH3 is 1. The second-order valence-corrected chi connectivity index (χ2v) is 21.8. The van der Waals surface area contributed by atoms with Gasteiger partial charge in [0.25, 0.3) is 0 Å². The van der Waals surface area contributed by atoms with Gasteiger partial charge in [0.05, 0.1) is 7.11 Å². The van der Waals surface area contributed by atoms with E-state index in [1.54, 1.807) is 16.7 Å². The molecular formula is C48H60OSi. The van der Waals surface area contributed by atoms with Gasteiger partial charge in [0.15, 0.2) is 0 Å². The maximum atomic E-state index is 6.32. The van der Waals surface area contributed by atoms with E-state index in [1.165, 1.54) is 66.8 Å². The van der Waals surface area contributed by atoms with Crippen LogP contribution in [0.3, 0.4) is 0 Å². The van der Waals surface area contributed by atoms with Crippen molar-refractivity contribution in [3.05, 3.63) is 122 Å². The first-order chi connectivity index (χ1) is 23.3. The lowest BCUT2D eigenvalue weighted by Gasteiger charge is -2.29. The highest BCUT2D eigenvalue weighted by atomic mass is 28.3. The van der Waals surface area contributed by atoms with Gasteiger partial charge in [-0.2, -0.15) is 0 Å². The monoisotopic (exact) mass is 680 g/mol. The molecule has 2 unspecified atom stereocenters. The van der Waals surface area contributed by atoms with Crippen LogP contribution in [0.25, 0.3) is 33.9 Å². The highest BCUT2D eigenvalue weighted by molar-refractivity contribution is 6.59. The minimum Gasteiger partial charge on any atom is -0.496 e. The van der Waals surface area contributed by atoms with Gasteiger partial charge < -0.3 is 4.74 Å². The van der Waals surface area contributed by atoms with Crippen LogP contribution in [0.1, 0.15) is 132 Å². The van der Waals surface area contributed by atoms with Crippen molar-refractivity contribution in [2.45, 2.75) is 124 Å². The molecule has 6 rings (SSSR count). The molecule has 0 fully saturated rings. The molecule has 4 aromatic rings. The number of benzene rings is 4. The molecule has 0 N–H and O–H groups in total. The molecule has 2 heteroatoms. The Morgan fingerprint density at radius 1 is 0.660 bits per heavy atom. The second kappa shape index (κ2) is 12.6. The third-order valence-electron chi connectivity index (χ3n) is 11.4. The summed E-state index contributed by atoms with van der Waals surface area (Å²) < 4.78 is 6.32. The number of ether oxygens (including phenoxy) is 1.